The van der Waals surface area contributed by atoms with E-state index in [2.05, 4.69) is 20.5 Å². The van der Waals surface area contributed by atoms with E-state index >= 15 is 0 Å². The molecule has 0 aliphatic heterocycles. The minimum absolute atomic E-state index is 0.0275. The fraction of sp³-hybridized carbons (Fsp3) is 0.0500. The van der Waals surface area contributed by atoms with E-state index in [1.54, 1.807) is 18.3 Å². The van der Waals surface area contributed by atoms with Gasteiger partial charge in [-0.2, -0.15) is 0 Å². The van der Waals surface area contributed by atoms with Crippen LogP contribution in [0.2, 0.25) is 0 Å². The number of benzene rings is 2. The SMILES string of the molecule is Cc1ccc(-n2c(Nc3ccc([N+](=O)[O-])cc3)nnc2-c2ccccn2)cc1. The summed E-state index contributed by atoms with van der Waals surface area (Å²) >= 11 is 0. The maximum absolute atomic E-state index is 10.8. The average Bonchev–Trinajstić information content (AvgIpc) is 3.13. The maximum Gasteiger partial charge on any atom is 0.269 e. The molecule has 0 saturated heterocycles. The van der Waals surface area contributed by atoms with Crippen molar-refractivity contribution in [2.45, 2.75) is 6.92 Å². The Balaban J connectivity index is 1.77. The molecule has 0 radical (unpaired) electrons. The maximum atomic E-state index is 10.8. The molecule has 8 nitrogen and oxygen atoms in total. The lowest BCUT2D eigenvalue weighted by molar-refractivity contribution is -0.384. The molecule has 0 aliphatic rings. The lowest BCUT2D eigenvalue weighted by Crippen LogP contribution is -2.04. The summed E-state index contributed by atoms with van der Waals surface area (Å²) in [5.74, 6) is 1.08. The van der Waals surface area contributed by atoms with E-state index in [1.807, 2.05) is 54.0 Å². The van der Waals surface area contributed by atoms with Crippen LogP contribution >= 0.6 is 0 Å². The quantitative estimate of drug-likeness (QED) is 0.414. The summed E-state index contributed by atoms with van der Waals surface area (Å²) < 4.78 is 1.86. The topological polar surface area (TPSA) is 98.8 Å². The molecule has 0 atom stereocenters. The van der Waals surface area contributed by atoms with Crippen molar-refractivity contribution in [3.05, 3.63) is 88.6 Å². The van der Waals surface area contributed by atoms with E-state index in [0.717, 1.165) is 11.3 Å². The number of aryl methyl sites for hydroxylation is 1. The van der Waals surface area contributed by atoms with E-state index in [-0.39, 0.29) is 5.69 Å². The second-order valence-corrected chi connectivity index (χ2v) is 6.16. The van der Waals surface area contributed by atoms with Gasteiger partial charge in [0.1, 0.15) is 5.69 Å². The van der Waals surface area contributed by atoms with Crippen LogP contribution in [0.1, 0.15) is 5.56 Å². The largest absolute Gasteiger partial charge is 0.324 e. The molecular formula is C20H16N6O2. The Hall–Kier alpha value is -4.07. The monoisotopic (exact) mass is 372 g/mol. The van der Waals surface area contributed by atoms with Gasteiger partial charge in [-0.15, -0.1) is 10.2 Å². The summed E-state index contributed by atoms with van der Waals surface area (Å²) in [7, 11) is 0. The van der Waals surface area contributed by atoms with Gasteiger partial charge < -0.3 is 5.32 Å². The Morgan fingerprint density at radius 1 is 0.964 bits per heavy atom. The second kappa shape index (κ2) is 7.28. The molecule has 8 heteroatoms. The van der Waals surface area contributed by atoms with Gasteiger partial charge in [0.15, 0.2) is 5.82 Å². The molecule has 0 spiro atoms. The smallest absolute Gasteiger partial charge is 0.269 e. The summed E-state index contributed by atoms with van der Waals surface area (Å²) in [6, 6.07) is 19.7. The number of non-ortho nitro benzene ring substituents is 1. The van der Waals surface area contributed by atoms with Crippen LogP contribution in [-0.4, -0.2) is 24.7 Å². The third-order valence-corrected chi connectivity index (χ3v) is 4.18. The van der Waals surface area contributed by atoms with Gasteiger partial charge in [0.2, 0.25) is 5.95 Å². The number of pyridine rings is 1. The number of nitro benzene ring substituents is 1. The van der Waals surface area contributed by atoms with Crippen molar-refractivity contribution in [1.29, 1.82) is 0 Å². The van der Waals surface area contributed by atoms with Gasteiger partial charge in [-0.3, -0.25) is 19.7 Å². The third kappa shape index (κ3) is 3.43. The van der Waals surface area contributed by atoms with Crippen molar-refractivity contribution >= 4 is 17.3 Å². The van der Waals surface area contributed by atoms with Crippen LogP contribution in [0, 0.1) is 17.0 Å². The lowest BCUT2D eigenvalue weighted by atomic mass is 10.2. The van der Waals surface area contributed by atoms with E-state index in [4.69, 9.17) is 0 Å². The number of aromatic nitrogens is 4. The minimum Gasteiger partial charge on any atom is -0.324 e. The van der Waals surface area contributed by atoms with E-state index in [9.17, 15) is 10.1 Å². The molecule has 0 saturated carbocycles. The second-order valence-electron chi connectivity index (χ2n) is 6.16. The van der Waals surface area contributed by atoms with Gasteiger partial charge in [-0.05, 0) is 43.3 Å². The number of nitro groups is 1. The van der Waals surface area contributed by atoms with Crippen LogP contribution in [0.15, 0.2) is 72.9 Å². The summed E-state index contributed by atoms with van der Waals surface area (Å²) in [6.07, 6.45) is 1.70. The Morgan fingerprint density at radius 3 is 2.36 bits per heavy atom. The molecule has 4 aromatic rings. The first-order valence-corrected chi connectivity index (χ1v) is 8.57. The standard InChI is InChI=1S/C20H16N6O2/c1-14-5-9-16(10-6-14)25-19(18-4-2-3-13-21-18)23-24-20(25)22-15-7-11-17(12-8-15)26(27)28/h2-13H,1H3,(H,22,24). The number of nitrogens with zero attached hydrogens (tertiary/aromatic N) is 5. The highest BCUT2D eigenvalue weighted by Gasteiger charge is 2.17. The van der Waals surface area contributed by atoms with Gasteiger partial charge in [-0.1, -0.05) is 23.8 Å². The molecule has 0 amide bonds. The van der Waals surface area contributed by atoms with Gasteiger partial charge >= 0.3 is 0 Å². The van der Waals surface area contributed by atoms with Crippen molar-refractivity contribution in [1.82, 2.24) is 19.7 Å². The molecule has 0 aliphatic carbocycles. The van der Waals surface area contributed by atoms with E-state index in [0.29, 0.717) is 23.2 Å². The molecule has 4 rings (SSSR count). The minimum atomic E-state index is -0.433. The summed E-state index contributed by atoms with van der Waals surface area (Å²) in [5.41, 5.74) is 3.40. The van der Waals surface area contributed by atoms with Crippen molar-refractivity contribution in [3.8, 4) is 17.2 Å². The lowest BCUT2D eigenvalue weighted by Gasteiger charge is -2.12. The molecule has 0 unspecified atom stereocenters. The van der Waals surface area contributed by atoms with Crippen LogP contribution in [0.3, 0.4) is 0 Å². The first kappa shape index (κ1) is 17.3. The van der Waals surface area contributed by atoms with Gasteiger partial charge in [-0.25, -0.2) is 0 Å². The zero-order valence-corrected chi connectivity index (χ0v) is 15.0. The van der Waals surface area contributed by atoms with Crippen molar-refractivity contribution in [3.63, 3.8) is 0 Å². The molecule has 1 N–H and O–H groups in total. The molecule has 2 heterocycles. The van der Waals surface area contributed by atoms with Crippen LogP contribution < -0.4 is 5.32 Å². The predicted molar refractivity (Wildman–Crippen MR) is 106 cm³/mol. The summed E-state index contributed by atoms with van der Waals surface area (Å²) in [6.45, 7) is 2.02. The molecule has 28 heavy (non-hydrogen) atoms. The fourth-order valence-electron chi connectivity index (χ4n) is 2.76. The normalized spacial score (nSPS) is 10.6. The first-order chi connectivity index (χ1) is 13.6. The van der Waals surface area contributed by atoms with Gasteiger partial charge in [0.05, 0.1) is 10.6 Å². The van der Waals surface area contributed by atoms with Crippen molar-refractivity contribution in [2.75, 3.05) is 5.32 Å². The highest BCUT2D eigenvalue weighted by molar-refractivity contribution is 5.63. The van der Waals surface area contributed by atoms with E-state index in [1.165, 1.54) is 12.1 Å². The zero-order valence-electron chi connectivity index (χ0n) is 15.0. The Kier molecular flexibility index (Phi) is 4.51. The number of rotatable bonds is 5. The number of hydrogen-bond donors (Lipinski definition) is 1. The number of hydrogen-bond acceptors (Lipinski definition) is 6. The first-order valence-electron chi connectivity index (χ1n) is 8.57. The average molecular weight is 372 g/mol. The summed E-state index contributed by atoms with van der Waals surface area (Å²) in [4.78, 5) is 14.8. The molecule has 2 aromatic carbocycles. The predicted octanol–water partition coefficient (Wildman–Crippen LogP) is 4.29. The highest BCUT2D eigenvalue weighted by atomic mass is 16.6. The molecule has 0 bridgehead atoms. The van der Waals surface area contributed by atoms with Crippen LogP contribution in [0.5, 0.6) is 0 Å². The van der Waals surface area contributed by atoms with Crippen LogP contribution in [-0.2, 0) is 0 Å². The number of anilines is 2. The van der Waals surface area contributed by atoms with E-state index < -0.39 is 4.92 Å². The highest BCUT2D eigenvalue weighted by Crippen LogP contribution is 2.27. The zero-order chi connectivity index (χ0) is 19.5. The summed E-state index contributed by atoms with van der Waals surface area (Å²) in [5, 5.41) is 22.6. The third-order valence-electron chi connectivity index (χ3n) is 4.18. The fourth-order valence-corrected chi connectivity index (χ4v) is 2.76. The molecule has 138 valence electrons. The Morgan fingerprint density at radius 2 is 1.71 bits per heavy atom. The van der Waals surface area contributed by atoms with Crippen LogP contribution in [0.25, 0.3) is 17.2 Å². The van der Waals surface area contributed by atoms with Crippen LogP contribution in [0.4, 0.5) is 17.3 Å². The Labute approximate surface area is 160 Å². The number of nitrogens with one attached hydrogen (secondary N) is 1. The van der Waals surface area contributed by atoms with Crippen molar-refractivity contribution < 1.29 is 4.92 Å². The van der Waals surface area contributed by atoms with Gasteiger partial charge in [0.25, 0.3) is 5.69 Å². The molecular weight excluding hydrogens is 356 g/mol. The Bertz CT molecular complexity index is 1110. The molecule has 0 fully saturated rings. The van der Waals surface area contributed by atoms with Gasteiger partial charge in [0, 0.05) is 24.0 Å². The molecule has 2 aromatic heterocycles. The van der Waals surface area contributed by atoms with Crippen molar-refractivity contribution in [2.24, 2.45) is 0 Å².